The Morgan fingerprint density at radius 2 is 1.70 bits per heavy atom. The van der Waals surface area contributed by atoms with Crippen LogP contribution in [-0.2, 0) is 21.2 Å². The average molecular weight is 433 g/mol. The lowest BCUT2D eigenvalue weighted by atomic mass is 10.1. The molecule has 8 heteroatoms. The fourth-order valence-corrected chi connectivity index (χ4v) is 4.71. The molecule has 1 fully saturated rings. The Morgan fingerprint density at radius 3 is 2.30 bits per heavy atom. The van der Waals surface area contributed by atoms with E-state index < -0.39 is 10.0 Å². The Labute approximate surface area is 178 Å². The zero-order valence-electron chi connectivity index (χ0n) is 17.3. The van der Waals surface area contributed by atoms with E-state index in [1.54, 1.807) is 36.3 Å². The number of rotatable bonds is 8. The SMILES string of the molecule is CCc1ccc(S(=O)(=O)NC2CCN(C(=O)COc3ccccc3OC)CC2)cc1. The van der Waals surface area contributed by atoms with Crippen LogP contribution in [0.3, 0.4) is 0 Å². The van der Waals surface area contributed by atoms with Crippen molar-refractivity contribution in [2.75, 3.05) is 26.8 Å². The molecular weight excluding hydrogens is 404 g/mol. The quantitative estimate of drug-likeness (QED) is 0.693. The summed E-state index contributed by atoms with van der Waals surface area (Å²) in [6, 6.07) is 13.9. The van der Waals surface area contributed by atoms with Crippen molar-refractivity contribution in [3.05, 3.63) is 54.1 Å². The predicted molar refractivity (Wildman–Crippen MR) is 114 cm³/mol. The number of piperidine rings is 1. The molecule has 3 rings (SSSR count). The van der Waals surface area contributed by atoms with Gasteiger partial charge in [-0.25, -0.2) is 13.1 Å². The second kappa shape index (κ2) is 9.95. The minimum atomic E-state index is -3.57. The fraction of sp³-hybridized carbons (Fsp3) is 0.409. The molecule has 0 saturated carbocycles. The van der Waals surface area contributed by atoms with Gasteiger partial charge in [0.2, 0.25) is 10.0 Å². The van der Waals surface area contributed by atoms with Crippen LogP contribution in [0.5, 0.6) is 11.5 Å². The van der Waals surface area contributed by atoms with Crippen molar-refractivity contribution in [3.8, 4) is 11.5 Å². The van der Waals surface area contributed by atoms with Gasteiger partial charge in [-0.05, 0) is 49.1 Å². The van der Waals surface area contributed by atoms with Crippen LogP contribution in [0.25, 0.3) is 0 Å². The second-order valence-corrected chi connectivity index (χ2v) is 8.93. The first-order chi connectivity index (χ1) is 14.4. The second-order valence-electron chi connectivity index (χ2n) is 7.21. The minimum absolute atomic E-state index is 0.0828. The number of aryl methyl sites for hydroxylation is 1. The summed E-state index contributed by atoms with van der Waals surface area (Å²) in [5.41, 5.74) is 1.09. The highest BCUT2D eigenvalue weighted by atomic mass is 32.2. The number of nitrogens with zero attached hydrogens (tertiary/aromatic N) is 1. The maximum absolute atomic E-state index is 12.6. The first kappa shape index (κ1) is 22.1. The van der Waals surface area contributed by atoms with Gasteiger partial charge in [-0.3, -0.25) is 4.79 Å². The van der Waals surface area contributed by atoms with Gasteiger partial charge in [0.15, 0.2) is 18.1 Å². The lowest BCUT2D eigenvalue weighted by Gasteiger charge is -2.32. The van der Waals surface area contributed by atoms with Crippen molar-refractivity contribution < 1.29 is 22.7 Å². The fourth-order valence-electron chi connectivity index (χ4n) is 3.41. The predicted octanol–water partition coefficient (Wildman–Crippen LogP) is 2.61. The van der Waals surface area contributed by atoms with E-state index in [9.17, 15) is 13.2 Å². The van der Waals surface area contributed by atoms with Gasteiger partial charge in [0.05, 0.1) is 12.0 Å². The molecule has 7 nitrogen and oxygen atoms in total. The molecule has 0 aliphatic carbocycles. The first-order valence-electron chi connectivity index (χ1n) is 10.1. The summed E-state index contributed by atoms with van der Waals surface area (Å²) in [4.78, 5) is 14.4. The van der Waals surface area contributed by atoms with Crippen molar-refractivity contribution in [2.24, 2.45) is 0 Å². The number of hydrogen-bond donors (Lipinski definition) is 1. The van der Waals surface area contributed by atoms with Crippen molar-refractivity contribution in [3.63, 3.8) is 0 Å². The van der Waals surface area contributed by atoms with Gasteiger partial charge in [0.25, 0.3) is 5.91 Å². The lowest BCUT2D eigenvalue weighted by Crippen LogP contribution is -2.47. The zero-order valence-corrected chi connectivity index (χ0v) is 18.2. The maximum Gasteiger partial charge on any atom is 0.260 e. The molecule has 2 aromatic carbocycles. The third-order valence-corrected chi connectivity index (χ3v) is 6.77. The summed E-state index contributed by atoms with van der Waals surface area (Å²) in [5, 5.41) is 0. The van der Waals surface area contributed by atoms with E-state index in [1.165, 1.54) is 0 Å². The number of para-hydroxylation sites is 2. The summed E-state index contributed by atoms with van der Waals surface area (Å²) in [5.74, 6) is 0.966. The highest BCUT2D eigenvalue weighted by molar-refractivity contribution is 7.89. The van der Waals surface area contributed by atoms with Gasteiger partial charge in [0.1, 0.15) is 0 Å². The van der Waals surface area contributed by atoms with Crippen LogP contribution in [0.15, 0.2) is 53.4 Å². The van der Waals surface area contributed by atoms with Crippen molar-refractivity contribution in [1.29, 1.82) is 0 Å². The van der Waals surface area contributed by atoms with Crippen LogP contribution in [-0.4, -0.2) is 52.1 Å². The smallest absolute Gasteiger partial charge is 0.260 e. The number of carbonyl (C=O) groups excluding carboxylic acids is 1. The Hall–Kier alpha value is -2.58. The maximum atomic E-state index is 12.6. The number of ether oxygens (including phenoxy) is 2. The molecule has 1 aliphatic heterocycles. The summed E-state index contributed by atoms with van der Waals surface area (Å²) < 4.78 is 38.8. The normalized spacial score (nSPS) is 15.1. The Balaban J connectivity index is 1.49. The Morgan fingerprint density at radius 1 is 1.07 bits per heavy atom. The third kappa shape index (κ3) is 5.52. The Kier molecular flexibility index (Phi) is 7.33. The van der Waals surface area contributed by atoms with Gasteiger partial charge in [-0.15, -0.1) is 0 Å². The van der Waals surface area contributed by atoms with Crippen LogP contribution in [0.1, 0.15) is 25.3 Å². The van der Waals surface area contributed by atoms with Crippen molar-refractivity contribution >= 4 is 15.9 Å². The Bertz CT molecular complexity index is 952. The standard InChI is InChI=1S/C22H28N2O5S/c1-3-17-8-10-19(11-9-17)30(26,27)23-18-12-14-24(15-13-18)22(25)16-29-21-7-5-4-6-20(21)28-2/h4-11,18,23H,3,12-16H2,1-2H3. The molecule has 0 bridgehead atoms. The number of sulfonamides is 1. The van der Waals surface area contributed by atoms with Gasteiger partial charge in [-0.2, -0.15) is 0 Å². The first-order valence-corrected chi connectivity index (χ1v) is 11.6. The monoisotopic (exact) mass is 432 g/mol. The number of hydrogen-bond acceptors (Lipinski definition) is 5. The molecule has 1 heterocycles. The van der Waals surface area contributed by atoms with Crippen LogP contribution in [0, 0.1) is 0 Å². The third-order valence-electron chi connectivity index (χ3n) is 5.23. The lowest BCUT2D eigenvalue weighted by molar-refractivity contribution is -0.134. The number of nitrogens with one attached hydrogen (secondary N) is 1. The van der Waals surface area contributed by atoms with Gasteiger partial charge in [0, 0.05) is 19.1 Å². The van der Waals surface area contributed by atoms with E-state index in [2.05, 4.69) is 4.72 Å². The minimum Gasteiger partial charge on any atom is -0.493 e. The molecule has 1 N–H and O–H groups in total. The molecule has 1 saturated heterocycles. The van der Waals surface area contributed by atoms with Crippen molar-refractivity contribution in [2.45, 2.75) is 37.1 Å². The largest absolute Gasteiger partial charge is 0.493 e. The van der Waals surface area contributed by atoms with Crippen molar-refractivity contribution in [1.82, 2.24) is 9.62 Å². The average Bonchev–Trinajstić information content (AvgIpc) is 2.78. The summed E-state index contributed by atoms with van der Waals surface area (Å²) in [6.45, 7) is 2.91. The van der Waals surface area contributed by atoms with E-state index in [0.29, 0.717) is 37.4 Å². The number of likely N-dealkylation sites (tertiary alicyclic amines) is 1. The van der Waals surface area contributed by atoms with E-state index in [-0.39, 0.29) is 23.5 Å². The molecule has 1 amide bonds. The number of methoxy groups -OCH3 is 1. The van der Waals surface area contributed by atoms with Crippen LogP contribution in [0.2, 0.25) is 0 Å². The molecule has 1 aliphatic rings. The number of amides is 1. The number of carbonyl (C=O) groups is 1. The molecule has 0 spiro atoms. The van der Waals surface area contributed by atoms with Gasteiger partial charge < -0.3 is 14.4 Å². The van der Waals surface area contributed by atoms with Crippen LogP contribution < -0.4 is 14.2 Å². The summed E-state index contributed by atoms with van der Waals surface area (Å²) in [6.07, 6.45) is 1.99. The van der Waals surface area contributed by atoms with E-state index in [1.807, 2.05) is 31.2 Å². The van der Waals surface area contributed by atoms with E-state index in [4.69, 9.17) is 9.47 Å². The highest BCUT2D eigenvalue weighted by Crippen LogP contribution is 2.26. The molecule has 30 heavy (non-hydrogen) atoms. The van der Waals surface area contributed by atoms with Gasteiger partial charge in [-0.1, -0.05) is 31.2 Å². The van der Waals surface area contributed by atoms with E-state index >= 15 is 0 Å². The molecule has 2 aromatic rings. The highest BCUT2D eigenvalue weighted by Gasteiger charge is 2.27. The number of benzene rings is 2. The molecule has 0 aromatic heterocycles. The summed E-state index contributed by atoms with van der Waals surface area (Å²) >= 11 is 0. The molecule has 0 unspecified atom stereocenters. The topological polar surface area (TPSA) is 84.9 Å². The van der Waals surface area contributed by atoms with Gasteiger partial charge >= 0.3 is 0 Å². The van der Waals surface area contributed by atoms with E-state index in [0.717, 1.165) is 12.0 Å². The molecular formula is C22H28N2O5S. The van der Waals surface area contributed by atoms with Crippen LogP contribution in [0.4, 0.5) is 0 Å². The van der Waals surface area contributed by atoms with Crippen LogP contribution >= 0.6 is 0 Å². The summed E-state index contributed by atoms with van der Waals surface area (Å²) in [7, 11) is -2.02. The molecule has 0 radical (unpaired) electrons. The zero-order chi connectivity index (χ0) is 21.6. The molecule has 162 valence electrons. The molecule has 0 atom stereocenters.